The highest BCUT2D eigenvalue weighted by Gasteiger charge is 2.17. The van der Waals surface area contributed by atoms with Gasteiger partial charge in [0.2, 0.25) is 5.91 Å². The van der Waals surface area contributed by atoms with Gasteiger partial charge in [-0.25, -0.2) is 4.68 Å². The molecule has 0 spiro atoms. The Morgan fingerprint density at radius 3 is 2.72 bits per heavy atom. The first-order chi connectivity index (χ1) is 12.2. The van der Waals surface area contributed by atoms with Crippen LogP contribution in [0.1, 0.15) is 18.4 Å². The number of thiophene rings is 1. The van der Waals surface area contributed by atoms with Crippen molar-refractivity contribution in [1.29, 1.82) is 0 Å². The number of hydrogen-bond donors (Lipinski definition) is 1. The summed E-state index contributed by atoms with van der Waals surface area (Å²) in [5.41, 5.74) is 8.47. The van der Waals surface area contributed by atoms with Crippen LogP contribution < -0.4 is 5.73 Å². The van der Waals surface area contributed by atoms with E-state index in [0.29, 0.717) is 25.9 Å². The Morgan fingerprint density at radius 1 is 1.24 bits per heavy atom. The van der Waals surface area contributed by atoms with Crippen LogP contribution in [0.2, 0.25) is 0 Å². The molecule has 130 valence electrons. The number of rotatable bonds is 7. The summed E-state index contributed by atoms with van der Waals surface area (Å²) in [7, 11) is 1.83. The van der Waals surface area contributed by atoms with Gasteiger partial charge in [0.25, 0.3) is 0 Å². The lowest BCUT2D eigenvalue weighted by molar-refractivity contribution is -0.130. The lowest BCUT2D eigenvalue weighted by atomic mass is 10.2. The second kappa shape index (κ2) is 8.09. The highest BCUT2D eigenvalue weighted by molar-refractivity contribution is 7.13. The van der Waals surface area contributed by atoms with Gasteiger partial charge in [-0.3, -0.25) is 4.79 Å². The van der Waals surface area contributed by atoms with Gasteiger partial charge in [0.05, 0.1) is 10.6 Å². The number of amides is 1. The average Bonchev–Trinajstić information content (AvgIpc) is 3.30. The Labute approximate surface area is 151 Å². The molecule has 0 aliphatic carbocycles. The molecule has 0 saturated carbocycles. The fraction of sp³-hybridized carbons (Fsp3) is 0.263. The van der Waals surface area contributed by atoms with Crippen LogP contribution in [0, 0.1) is 0 Å². The molecule has 0 radical (unpaired) electrons. The van der Waals surface area contributed by atoms with Gasteiger partial charge >= 0.3 is 0 Å². The summed E-state index contributed by atoms with van der Waals surface area (Å²) in [5.74, 6) is 0.107. The molecule has 1 aromatic carbocycles. The second-order valence-corrected chi connectivity index (χ2v) is 6.85. The van der Waals surface area contributed by atoms with Crippen molar-refractivity contribution >= 4 is 17.2 Å². The maximum absolute atomic E-state index is 12.2. The van der Waals surface area contributed by atoms with E-state index < -0.39 is 0 Å². The van der Waals surface area contributed by atoms with Crippen molar-refractivity contribution in [2.24, 2.45) is 5.73 Å². The molecule has 0 fully saturated rings. The van der Waals surface area contributed by atoms with Crippen molar-refractivity contribution in [3.05, 3.63) is 59.6 Å². The first kappa shape index (κ1) is 17.4. The smallest absolute Gasteiger partial charge is 0.222 e. The number of para-hydroxylation sites is 1. The highest BCUT2D eigenvalue weighted by atomic mass is 32.1. The summed E-state index contributed by atoms with van der Waals surface area (Å²) in [6.07, 6.45) is 3.20. The Kier molecular flexibility index (Phi) is 5.63. The Balaban J connectivity index is 1.89. The summed E-state index contributed by atoms with van der Waals surface area (Å²) in [6.45, 7) is 1.06. The molecule has 25 heavy (non-hydrogen) atoms. The van der Waals surface area contributed by atoms with E-state index in [2.05, 4.69) is 6.07 Å². The van der Waals surface area contributed by atoms with E-state index in [1.54, 1.807) is 16.2 Å². The van der Waals surface area contributed by atoms with Crippen LogP contribution in [0.25, 0.3) is 16.3 Å². The van der Waals surface area contributed by atoms with Gasteiger partial charge in [-0.05, 0) is 36.5 Å². The van der Waals surface area contributed by atoms with Crippen LogP contribution in [0.3, 0.4) is 0 Å². The van der Waals surface area contributed by atoms with Gasteiger partial charge < -0.3 is 10.6 Å². The summed E-state index contributed by atoms with van der Waals surface area (Å²) in [6, 6.07) is 14.1. The molecule has 3 rings (SSSR count). The topological polar surface area (TPSA) is 64.2 Å². The molecule has 0 saturated heterocycles. The zero-order chi connectivity index (χ0) is 17.6. The van der Waals surface area contributed by atoms with Gasteiger partial charge in [0.1, 0.15) is 5.69 Å². The normalized spacial score (nSPS) is 10.8. The van der Waals surface area contributed by atoms with Crippen LogP contribution in [0.4, 0.5) is 0 Å². The molecule has 6 heteroatoms. The minimum absolute atomic E-state index is 0.107. The third-order valence-corrected chi connectivity index (χ3v) is 4.87. The van der Waals surface area contributed by atoms with Crippen LogP contribution in [0.5, 0.6) is 0 Å². The predicted molar refractivity (Wildman–Crippen MR) is 102 cm³/mol. The van der Waals surface area contributed by atoms with E-state index >= 15 is 0 Å². The SMILES string of the molecule is CN(Cc1cn(-c2ccccc2)nc1-c1cccs1)C(=O)CCCN. The number of aromatic nitrogens is 2. The largest absolute Gasteiger partial charge is 0.341 e. The van der Waals surface area contributed by atoms with Crippen molar-refractivity contribution in [3.63, 3.8) is 0 Å². The fourth-order valence-corrected chi connectivity index (χ4v) is 3.39. The lowest BCUT2D eigenvalue weighted by Gasteiger charge is -2.16. The summed E-state index contributed by atoms with van der Waals surface area (Å²) in [4.78, 5) is 15.1. The molecule has 0 unspecified atom stereocenters. The van der Waals surface area contributed by atoms with Gasteiger partial charge in [-0.15, -0.1) is 11.3 Å². The number of hydrogen-bond acceptors (Lipinski definition) is 4. The van der Waals surface area contributed by atoms with Gasteiger partial charge in [0, 0.05) is 31.8 Å². The van der Waals surface area contributed by atoms with E-state index in [-0.39, 0.29) is 5.91 Å². The third-order valence-electron chi connectivity index (χ3n) is 3.99. The highest BCUT2D eigenvalue weighted by Crippen LogP contribution is 2.28. The summed E-state index contributed by atoms with van der Waals surface area (Å²) >= 11 is 1.65. The first-order valence-electron chi connectivity index (χ1n) is 8.31. The molecule has 3 aromatic rings. The number of carbonyl (C=O) groups is 1. The molecule has 2 aromatic heterocycles. The summed E-state index contributed by atoms with van der Waals surface area (Å²) < 4.78 is 1.88. The standard InChI is InChI=1S/C19H22N4OS/c1-22(18(24)10-5-11-20)13-15-14-23(16-7-3-2-4-8-16)21-19(15)17-9-6-12-25-17/h2-4,6-9,12,14H,5,10-11,13,20H2,1H3. The predicted octanol–water partition coefficient (Wildman–Crippen LogP) is 3.30. The molecule has 2 heterocycles. The van der Waals surface area contributed by atoms with Crippen molar-refractivity contribution in [2.45, 2.75) is 19.4 Å². The van der Waals surface area contributed by atoms with E-state index in [4.69, 9.17) is 10.8 Å². The Bertz CT molecular complexity index is 811. The number of benzene rings is 1. The number of carbonyl (C=O) groups excluding carboxylic acids is 1. The van der Waals surface area contributed by atoms with Crippen LogP contribution in [-0.2, 0) is 11.3 Å². The van der Waals surface area contributed by atoms with Crippen molar-refractivity contribution in [2.75, 3.05) is 13.6 Å². The van der Waals surface area contributed by atoms with E-state index in [0.717, 1.165) is 21.8 Å². The maximum Gasteiger partial charge on any atom is 0.222 e. The maximum atomic E-state index is 12.2. The fourth-order valence-electron chi connectivity index (χ4n) is 2.65. The van der Waals surface area contributed by atoms with Crippen molar-refractivity contribution in [1.82, 2.24) is 14.7 Å². The molecule has 1 amide bonds. The Morgan fingerprint density at radius 2 is 2.04 bits per heavy atom. The summed E-state index contributed by atoms with van der Waals surface area (Å²) in [5, 5.41) is 6.81. The quantitative estimate of drug-likeness (QED) is 0.708. The molecule has 5 nitrogen and oxygen atoms in total. The molecule has 2 N–H and O–H groups in total. The van der Waals surface area contributed by atoms with Crippen LogP contribution in [-0.4, -0.2) is 34.2 Å². The van der Waals surface area contributed by atoms with Gasteiger partial charge in [-0.2, -0.15) is 5.10 Å². The zero-order valence-electron chi connectivity index (χ0n) is 14.3. The molecule has 0 aliphatic heterocycles. The second-order valence-electron chi connectivity index (χ2n) is 5.90. The van der Waals surface area contributed by atoms with E-state index in [1.807, 2.05) is 59.7 Å². The molecular weight excluding hydrogens is 332 g/mol. The van der Waals surface area contributed by atoms with Gasteiger partial charge in [0.15, 0.2) is 0 Å². The number of nitrogens with zero attached hydrogens (tertiary/aromatic N) is 3. The van der Waals surface area contributed by atoms with Gasteiger partial charge in [-0.1, -0.05) is 24.3 Å². The Hall–Kier alpha value is -2.44. The molecule has 0 atom stereocenters. The third kappa shape index (κ3) is 4.15. The lowest BCUT2D eigenvalue weighted by Crippen LogP contribution is -2.26. The van der Waals surface area contributed by atoms with E-state index in [9.17, 15) is 4.79 Å². The van der Waals surface area contributed by atoms with E-state index in [1.165, 1.54) is 0 Å². The number of nitrogens with two attached hydrogens (primary N) is 1. The van der Waals surface area contributed by atoms with Crippen LogP contribution in [0.15, 0.2) is 54.0 Å². The molecule has 0 aliphatic rings. The average molecular weight is 354 g/mol. The monoisotopic (exact) mass is 354 g/mol. The van der Waals surface area contributed by atoms with Crippen LogP contribution >= 0.6 is 11.3 Å². The van der Waals surface area contributed by atoms with Crippen molar-refractivity contribution in [3.8, 4) is 16.3 Å². The molecule has 0 bridgehead atoms. The van der Waals surface area contributed by atoms with Crippen molar-refractivity contribution < 1.29 is 4.79 Å². The minimum atomic E-state index is 0.107. The first-order valence-corrected chi connectivity index (χ1v) is 9.19. The zero-order valence-corrected chi connectivity index (χ0v) is 15.1. The minimum Gasteiger partial charge on any atom is -0.341 e. The molecular formula is C19H22N4OS.